The van der Waals surface area contributed by atoms with Crippen LogP contribution in [0.25, 0.3) is 0 Å². The summed E-state index contributed by atoms with van der Waals surface area (Å²) in [7, 11) is 0. The van der Waals surface area contributed by atoms with Crippen molar-refractivity contribution in [3.63, 3.8) is 0 Å². The van der Waals surface area contributed by atoms with Gasteiger partial charge in [0.05, 0.1) is 0 Å². The van der Waals surface area contributed by atoms with E-state index < -0.39 is 0 Å². The van der Waals surface area contributed by atoms with Gasteiger partial charge in [0.1, 0.15) is 5.84 Å². The highest BCUT2D eigenvalue weighted by atomic mass is 32.2. The van der Waals surface area contributed by atoms with Crippen LogP contribution in [0.5, 0.6) is 0 Å². The first-order valence-corrected chi connectivity index (χ1v) is 7.19. The number of nitrogen functional groups attached to an aromatic ring is 1. The van der Waals surface area contributed by atoms with Gasteiger partial charge in [-0.25, -0.2) is 0 Å². The fraction of sp³-hybridized carbons (Fsp3) is 0.188. The Hall–Kier alpha value is -1.74. The SMILES string of the molecule is Cc1cccc(CSc2c(C)cccc2C(=N)N)c1. The molecule has 2 aromatic rings. The van der Waals surface area contributed by atoms with Crippen LogP contribution in [0.15, 0.2) is 47.4 Å². The third-order valence-electron chi connectivity index (χ3n) is 2.97. The van der Waals surface area contributed by atoms with Crippen LogP contribution in [0.1, 0.15) is 22.3 Å². The molecule has 0 aliphatic rings. The molecule has 0 fully saturated rings. The van der Waals surface area contributed by atoms with Crippen molar-refractivity contribution in [2.75, 3.05) is 0 Å². The van der Waals surface area contributed by atoms with Crippen molar-refractivity contribution in [1.29, 1.82) is 5.41 Å². The summed E-state index contributed by atoms with van der Waals surface area (Å²) in [5.74, 6) is 1.03. The van der Waals surface area contributed by atoms with Crippen molar-refractivity contribution in [1.82, 2.24) is 0 Å². The van der Waals surface area contributed by atoms with Gasteiger partial charge in [-0.1, -0.05) is 48.0 Å². The summed E-state index contributed by atoms with van der Waals surface area (Å²) < 4.78 is 0. The van der Waals surface area contributed by atoms with Gasteiger partial charge in [0.2, 0.25) is 0 Å². The zero-order chi connectivity index (χ0) is 13.8. The van der Waals surface area contributed by atoms with Crippen molar-refractivity contribution in [2.24, 2.45) is 5.73 Å². The molecule has 2 rings (SSSR count). The van der Waals surface area contributed by atoms with E-state index in [0.717, 1.165) is 16.2 Å². The number of nitrogens with two attached hydrogens (primary N) is 1. The minimum Gasteiger partial charge on any atom is -0.384 e. The lowest BCUT2D eigenvalue weighted by Crippen LogP contribution is -2.12. The van der Waals surface area contributed by atoms with E-state index in [1.807, 2.05) is 12.1 Å². The highest BCUT2D eigenvalue weighted by Gasteiger charge is 2.08. The second-order valence-electron chi connectivity index (χ2n) is 4.64. The summed E-state index contributed by atoms with van der Waals surface area (Å²) in [5, 5.41) is 7.65. The Morgan fingerprint density at radius 1 is 1.16 bits per heavy atom. The van der Waals surface area contributed by atoms with E-state index in [2.05, 4.69) is 44.2 Å². The number of aryl methyl sites for hydroxylation is 2. The maximum atomic E-state index is 7.65. The van der Waals surface area contributed by atoms with E-state index >= 15 is 0 Å². The Balaban J connectivity index is 2.22. The van der Waals surface area contributed by atoms with E-state index in [9.17, 15) is 0 Å². The van der Waals surface area contributed by atoms with Crippen LogP contribution in [0.4, 0.5) is 0 Å². The second kappa shape index (κ2) is 5.93. The van der Waals surface area contributed by atoms with E-state index in [1.165, 1.54) is 16.7 Å². The maximum Gasteiger partial charge on any atom is 0.123 e. The van der Waals surface area contributed by atoms with Gasteiger partial charge in [0.25, 0.3) is 0 Å². The molecule has 0 spiro atoms. The van der Waals surface area contributed by atoms with Gasteiger partial charge in [-0.15, -0.1) is 11.8 Å². The number of hydrogen-bond acceptors (Lipinski definition) is 2. The van der Waals surface area contributed by atoms with Gasteiger partial charge in [-0.05, 0) is 25.0 Å². The van der Waals surface area contributed by atoms with Gasteiger partial charge in [0.15, 0.2) is 0 Å². The van der Waals surface area contributed by atoms with Crippen LogP contribution < -0.4 is 5.73 Å². The van der Waals surface area contributed by atoms with Gasteiger partial charge in [-0.2, -0.15) is 0 Å². The summed E-state index contributed by atoms with van der Waals surface area (Å²) in [6.07, 6.45) is 0. The van der Waals surface area contributed by atoms with Crippen molar-refractivity contribution in [3.05, 3.63) is 64.7 Å². The molecule has 0 saturated heterocycles. The highest BCUT2D eigenvalue weighted by Crippen LogP contribution is 2.29. The van der Waals surface area contributed by atoms with Gasteiger partial charge in [0, 0.05) is 16.2 Å². The molecule has 19 heavy (non-hydrogen) atoms. The molecule has 0 aliphatic carbocycles. The number of thioether (sulfide) groups is 1. The highest BCUT2D eigenvalue weighted by molar-refractivity contribution is 7.98. The summed E-state index contributed by atoms with van der Waals surface area (Å²) in [4.78, 5) is 1.11. The topological polar surface area (TPSA) is 49.9 Å². The molecular formula is C16H18N2S. The Labute approximate surface area is 118 Å². The normalized spacial score (nSPS) is 10.4. The largest absolute Gasteiger partial charge is 0.384 e. The number of benzene rings is 2. The summed E-state index contributed by atoms with van der Waals surface area (Å²) in [6, 6.07) is 14.4. The molecule has 0 heterocycles. The molecule has 3 heteroatoms. The lowest BCUT2D eigenvalue weighted by Gasteiger charge is -2.11. The smallest absolute Gasteiger partial charge is 0.123 e. The third kappa shape index (κ3) is 3.38. The van der Waals surface area contributed by atoms with E-state index in [0.29, 0.717) is 0 Å². The molecule has 0 aromatic heterocycles. The Bertz CT molecular complexity index is 605. The molecule has 0 unspecified atom stereocenters. The number of nitrogens with one attached hydrogen (secondary N) is 1. The van der Waals surface area contributed by atoms with Gasteiger partial charge >= 0.3 is 0 Å². The molecule has 0 atom stereocenters. The van der Waals surface area contributed by atoms with Gasteiger partial charge in [-0.3, -0.25) is 5.41 Å². The van der Waals surface area contributed by atoms with Crippen LogP contribution in [0, 0.1) is 19.3 Å². The predicted octanol–water partition coefficient (Wildman–Crippen LogP) is 3.88. The molecule has 0 amide bonds. The van der Waals surface area contributed by atoms with Crippen LogP contribution in [-0.4, -0.2) is 5.84 Å². The minimum absolute atomic E-state index is 0.135. The lowest BCUT2D eigenvalue weighted by atomic mass is 10.1. The Morgan fingerprint density at radius 2 is 1.89 bits per heavy atom. The van der Waals surface area contributed by atoms with Crippen LogP contribution in [0.3, 0.4) is 0 Å². The molecule has 0 radical (unpaired) electrons. The monoisotopic (exact) mass is 270 g/mol. The molecule has 2 aromatic carbocycles. The fourth-order valence-corrected chi connectivity index (χ4v) is 3.13. The number of rotatable bonds is 4. The third-order valence-corrected chi connectivity index (χ3v) is 4.28. The van der Waals surface area contributed by atoms with E-state index in [-0.39, 0.29) is 5.84 Å². The zero-order valence-electron chi connectivity index (χ0n) is 11.2. The lowest BCUT2D eigenvalue weighted by molar-refractivity contribution is 1.25. The van der Waals surface area contributed by atoms with Crippen molar-refractivity contribution in [3.8, 4) is 0 Å². The molecular weight excluding hydrogens is 252 g/mol. The second-order valence-corrected chi connectivity index (χ2v) is 5.63. The van der Waals surface area contributed by atoms with Crippen molar-refractivity contribution in [2.45, 2.75) is 24.5 Å². The Morgan fingerprint density at radius 3 is 2.58 bits per heavy atom. The fourth-order valence-electron chi connectivity index (χ4n) is 2.01. The standard InChI is InChI=1S/C16H18N2S/c1-11-5-3-7-13(9-11)10-19-15-12(2)6-4-8-14(15)16(17)18/h3-9H,10H2,1-2H3,(H3,17,18). The molecule has 98 valence electrons. The number of amidine groups is 1. The van der Waals surface area contributed by atoms with Crippen molar-refractivity contribution >= 4 is 17.6 Å². The maximum absolute atomic E-state index is 7.65. The molecule has 0 aliphatic heterocycles. The summed E-state index contributed by atoms with van der Waals surface area (Å²) in [5.41, 5.74) is 10.2. The minimum atomic E-state index is 0.135. The first-order chi connectivity index (χ1) is 9.08. The van der Waals surface area contributed by atoms with Crippen LogP contribution in [0.2, 0.25) is 0 Å². The zero-order valence-corrected chi connectivity index (χ0v) is 12.1. The summed E-state index contributed by atoms with van der Waals surface area (Å²) >= 11 is 1.74. The van der Waals surface area contributed by atoms with Crippen LogP contribution >= 0.6 is 11.8 Å². The Kier molecular flexibility index (Phi) is 4.27. The molecule has 0 saturated carbocycles. The average Bonchev–Trinajstić information content (AvgIpc) is 2.37. The molecule has 3 N–H and O–H groups in total. The van der Waals surface area contributed by atoms with Crippen LogP contribution in [-0.2, 0) is 5.75 Å². The van der Waals surface area contributed by atoms with E-state index in [1.54, 1.807) is 11.8 Å². The molecule has 0 bridgehead atoms. The first kappa shape index (κ1) is 13.7. The quantitative estimate of drug-likeness (QED) is 0.503. The summed E-state index contributed by atoms with van der Waals surface area (Å²) in [6.45, 7) is 4.16. The average molecular weight is 270 g/mol. The predicted molar refractivity (Wildman–Crippen MR) is 82.9 cm³/mol. The van der Waals surface area contributed by atoms with E-state index in [4.69, 9.17) is 11.1 Å². The first-order valence-electron chi connectivity index (χ1n) is 6.20. The number of hydrogen-bond donors (Lipinski definition) is 2. The van der Waals surface area contributed by atoms with Crippen molar-refractivity contribution < 1.29 is 0 Å². The van der Waals surface area contributed by atoms with Gasteiger partial charge < -0.3 is 5.73 Å². The molecule has 2 nitrogen and oxygen atoms in total.